The first-order chi connectivity index (χ1) is 11.8. The lowest BCUT2D eigenvalue weighted by Gasteiger charge is -2.51. The summed E-state index contributed by atoms with van der Waals surface area (Å²) in [5.41, 5.74) is 15.9. The fourth-order valence-corrected chi connectivity index (χ4v) is 8.13. The predicted molar refractivity (Wildman–Crippen MR) is 105 cm³/mol. The van der Waals surface area contributed by atoms with Gasteiger partial charge in [-0.2, -0.15) is 0 Å². The van der Waals surface area contributed by atoms with E-state index in [1.807, 2.05) is 13.8 Å². The molecule has 0 heterocycles. The number of aryl methyl sites for hydroxylation is 2. The van der Waals surface area contributed by atoms with Gasteiger partial charge in [-0.15, -0.1) is 0 Å². The second-order valence-corrected chi connectivity index (χ2v) is 9.79. The Morgan fingerprint density at radius 3 is 2.52 bits per heavy atom. The number of hydrogen-bond donors (Lipinski definition) is 1. The summed E-state index contributed by atoms with van der Waals surface area (Å²) in [7, 11) is 0. The van der Waals surface area contributed by atoms with Crippen molar-refractivity contribution in [3.05, 3.63) is 46.0 Å². The summed E-state index contributed by atoms with van der Waals surface area (Å²) < 4.78 is 0. The maximum atomic E-state index is 6.85. The molecule has 0 saturated heterocycles. The summed E-state index contributed by atoms with van der Waals surface area (Å²) in [6, 6.07) is 2.46. The average molecular weight is 336 g/mol. The Labute approximate surface area is 153 Å². The molecule has 25 heavy (non-hydrogen) atoms. The van der Waals surface area contributed by atoms with Crippen LogP contribution in [0.3, 0.4) is 0 Å². The second kappa shape index (κ2) is 4.42. The Morgan fingerprint density at radius 1 is 1.12 bits per heavy atom. The van der Waals surface area contributed by atoms with Crippen molar-refractivity contribution in [2.75, 3.05) is 0 Å². The quantitative estimate of drug-likeness (QED) is 0.674. The van der Waals surface area contributed by atoms with Crippen LogP contribution in [0.15, 0.2) is 18.2 Å². The van der Waals surface area contributed by atoms with Crippen molar-refractivity contribution in [2.24, 2.45) is 34.8 Å². The molecule has 0 amide bonds. The van der Waals surface area contributed by atoms with Crippen LogP contribution in [-0.4, -0.2) is 5.54 Å². The summed E-state index contributed by atoms with van der Waals surface area (Å²) in [5.74, 6) is 3.18. The first-order valence-corrected chi connectivity index (χ1v) is 10.4. The molecule has 1 aromatic carbocycles. The van der Waals surface area contributed by atoms with E-state index in [9.17, 15) is 0 Å². The number of fused-ring (bicyclic) bond motifs is 1. The van der Waals surface area contributed by atoms with E-state index >= 15 is 0 Å². The van der Waals surface area contributed by atoms with Crippen LogP contribution in [0.2, 0.25) is 0 Å². The van der Waals surface area contributed by atoms with Gasteiger partial charge in [-0.25, -0.2) is 0 Å². The van der Waals surface area contributed by atoms with Crippen molar-refractivity contribution in [3.8, 4) is 0 Å². The molecule has 2 fully saturated rings. The van der Waals surface area contributed by atoms with Crippen molar-refractivity contribution >= 4 is 0 Å². The third-order valence-electron chi connectivity index (χ3n) is 9.01. The van der Waals surface area contributed by atoms with E-state index in [1.54, 1.807) is 22.3 Å². The van der Waals surface area contributed by atoms with E-state index in [2.05, 4.69) is 45.9 Å². The highest BCUT2D eigenvalue weighted by Gasteiger charge is 2.80. The van der Waals surface area contributed by atoms with Crippen molar-refractivity contribution in [3.63, 3.8) is 0 Å². The highest BCUT2D eigenvalue weighted by atomic mass is 14.9. The summed E-state index contributed by atoms with van der Waals surface area (Å²) >= 11 is 0. The van der Waals surface area contributed by atoms with Crippen LogP contribution < -0.4 is 5.73 Å². The molecular weight excluding hydrogens is 302 g/mol. The Morgan fingerprint density at radius 2 is 1.80 bits per heavy atom. The van der Waals surface area contributed by atoms with E-state index in [1.165, 1.54) is 24.8 Å². The number of nitrogens with two attached hydrogens (primary N) is 1. The Hall–Kier alpha value is -1.08. The number of hydrogen-bond acceptors (Lipinski definition) is 1. The minimum Gasteiger partial charge on any atom is -0.322 e. The van der Waals surface area contributed by atoms with Gasteiger partial charge < -0.3 is 5.73 Å². The molecule has 2 spiro atoms. The fourth-order valence-electron chi connectivity index (χ4n) is 8.13. The van der Waals surface area contributed by atoms with Crippen molar-refractivity contribution in [1.29, 1.82) is 0 Å². The monoisotopic (exact) mass is 335 g/mol. The Bertz CT molecular complexity index is 816. The first kappa shape index (κ1) is 16.1. The standard InChI is InChI=1S/C22H27N.C2H6/c1-11-7-12(2)15-9-21-10-22-16(18(21)13(21)3)5-6-20(4,23)17(22)8-14(11)19(15)22;1-2/h5-7,13,16-18H,8-10,23H2,1-4H3;1-2H3. The lowest BCUT2D eigenvalue weighted by atomic mass is 9.53. The van der Waals surface area contributed by atoms with Gasteiger partial charge in [0.05, 0.1) is 0 Å². The number of benzene rings is 1. The molecule has 2 bridgehead atoms. The van der Waals surface area contributed by atoms with Gasteiger partial charge in [-0.05, 0) is 96.9 Å². The van der Waals surface area contributed by atoms with Crippen molar-refractivity contribution in [1.82, 2.24) is 0 Å². The Kier molecular flexibility index (Phi) is 2.85. The molecule has 1 aromatic rings. The maximum Gasteiger partial charge on any atom is 0.0351 e. The van der Waals surface area contributed by atoms with Crippen molar-refractivity contribution < 1.29 is 0 Å². The SMILES string of the molecule is CC.Cc1cc(C)c2c3c1CC1C(C)(N)C=CC4C5C(C)C5(C2)CC341. The molecule has 5 aliphatic carbocycles. The van der Waals surface area contributed by atoms with E-state index < -0.39 is 0 Å². The van der Waals surface area contributed by atoms with E-state index in [0.29, 0.717) is 16.7 Å². The normalized spacial score (nSPS) is 49.2. The van der Waals surface area contributed by atoms with Crippen LogP contribution >= 0.6 is 0 Å². The Balaban J connectivity index is 0.000000679. The predicted octanol–water partition coefficient (Wildman–Crippen LogP) is 4.86. The zero-order chi connectivity index (χ0) is 17.9. The number of rotatable bonds is 0. The fraction of sp³-hybridized carbons (Fsp3) is 0.667. The average Bonchev–Trinajstić information content (AvgIpc) is 2.90. The maximum absolute atomic E-state index is 6.85. The van der Waals surface area contributed by atoms with Gasteiger partial charge in [-0.1, -0.05) is 39.0 Å². The molecule has 0 aromatic heterocycles. The third-order valence-corrected chi connectivity index (χ3v) is 9.01. The van der Waals surface area contributed by atoms with Gasteiger partial charge in [-0.3, -0.25) is 0 Å². The molecule has 0 aliphatic heterocycles. The zero-order valence-electron chi connectivity index (χ0n) is 16.7. The molecule has 2 N–H and O–H groups in total. The summed E-state index contributed by atoms with van der Waals surface area (Å²) in [4.78, 5) is 0. The lowest BCUT2D eigenvalue weighted by Crippen LogP contribution is -2.56. The van der Waals surface area contributed by atoms with Crippen LogP contribution in [0.5, 0.6) is 0 Å². The topological polar surface area (TPSA) is 26.0 Å². The largest absolute Gasteiger partial charge is 0.322 e. The summed E-state index contributed by atoms with van der Waals surface area (Å²) in [5, 5.41) is 0. The van der Waals surface area contributed by atoms with Gasteiger partial charge in [0.2, 0.25) is 0 Å². The molecule has 7 unspecified atom stereocenters. The molecule has 0 radical (unpaired) electrons. The van der Waals surface area contributed by atoms with Crippen LogP contribution in [0.1, 0.15) is 61.9 Å². The minimum atomic E-state index is -0.147. The third kappa shape index (κ3) is 1.49. The van der Waals surface area contributed by atoms with Gasteiger partial charge >= 0.3 is 0 Å². The molecule has 1 heteroatoms. The summed E-state index contributed by atoms with van der Waals surface area (Å²) in [6.45, 7) is 13.5. The van der Waals surface area contributed by atoms with Gasteiger partial charge in [0, 0.05) is 11.0 Å². The molecule has 6 rings (SSSR count). The smallest absolute Gasteiger partial charge is 0.0351 e. The van der Waals surface area contributed by atoms with Crippen LogP contribution in [-0.2, 0) is 18.3 Å². The molecule has 5 aliphatic rings. The zero-order valence-corrected chi connectivity index (χ0v) is 16.7. The molecule has 1 nitrogen and oxygen atoms in total. The lowest BCUT2D eigenvalue weighted by molar-refractivity contribution is 0.126. The van der Waals surface area contributed by atoms with Gasteiger partial charge in [0.1, 0.15) is 0 Å². The van der Waals surface area contributed by atoms with E-state index in [-0.39, 0.29) is 5.54 Å². The molecule has 2 saturated carbocycles. The van der Waals surface area contributed by atoms with Crippen LogP contribution in [0.25, 0.3) is 0 Å². The number of allylic oxidation sites excluding steroid dienone is 1. The molecular formula is C24H33N. The van der Waals surface area contributed by atoms with Gasteiger partial charge in [0.25, 0.3) is 0 Å². The van der Waals surface area contributed by atoms with E-state index in [4.69, 9.17) is 5.73 Å². The highest BCUT2D eigenvalue weighted by Crippen LogP contribution is 2.83. The first-order valence-electron chi connectivity index (χ1n) is 10.4. The van der Waals surface area contributed by atoms with E-state index in [0.717, 1.165) is 17.8 Å². The van der Waals surface area contributed by atoms with Gasteiger partial charge in [0.15, 0.2) is 0 Å². The van der Waals surface area contributed by atoms with Crippen LogP contribution in [0, 0.1) is 42.9 Å². The minimum absolute atomic E-state index is 0.147. The molecule has 134 valence electrons. The molecule has 7 atom stereocenters. The highest BCUT2D eigenvalue weighted by molar-refractivity contribution is 5.62. The second-order valence-electron chi connectivity index (χ2n) is 9.79. The van der Waals surface area contributed by atoms with Crippen LogP contribution in [0.4, 0.5) is 0 Å². The van der Waals surface area contributed by atoms with Crippen molar-refractivity contribution in [2.45, 2.75) is 71.8 Å². The summed E-state index contributed by atoms with van der Waals surface area (Å²) in [6.07, 6.45) is 8.89.